The molecule has 8 nitrogen and oxygen atoms in total. The number of halogens is 2. The van der Waals surface area contributed by atoms with E-state index in [4.69, 9.17) is 22.1 Å². The molecular weight excluding hydrogens is 447 g/mol. The third kappa shape index (κ3) is 5.00. The van der Waals surface area contributed by atoms with Crippen molar-refractivity contribution in [2.45, 2.75) is 50.0 Å². The van der Waals surface area contributed by atoms with Crippen molar-refractivity contribution in [1.82, 2.24) is 14.7 Å². The Hall–Kier alpha value is -2.23. The van der Waals surface area contributed by atoms with Crippen LogP contribution >= 0.6 is 11.6 Å². The van der Waals surface area contributed by atoms with Crippen molar-refractivity contribution in [2.24, 2.45) is 15.9 Å². The molecule has 1 amide bonds. The van der Waals surface area contributed by atoms with Crippen molar-refractivity contribution in [1.29, 1.82) is 0 Å². The number of amidine groups is 2. The molecule has 0 unspecified atom stereocenters. The van der Waals surface area contributed by atoms with Crippen molar-refractivity contribution >= 4 is 29.2 Å². The zero-order valence-corrected chi connectivity index (χ0v) is 19.3. The maximum absolute atomic E-state index is 13.3. The van der Waals surface area contributed by atoms with Crippen LogP contribution in [0.2, 0.25) is 5.02 Å². The maximum atomic E-state index is 13.3. The van der Waals surface area contributed by atoms with Gasteiger partial charge >= 0.3 is 0 Å². The Kier molecular flexibility index (Phi) is 6.53. The van der Waals surface area contributed by atoms with Gasteiger partial charge in [-0.05, 0) is 37.0 Å². The van der Waals surface area contributed by atoms with Gasteiger partial charge in [0, 0.05) is 36.7 Å². The van der Waals surface area contributed by atoms with Crippen LogP contribution in [0.1, 0.15) is 24.8 Å². The molecule has 0 aromatic heterocycles. The van der Waals surface area contributed by atoms with E-state index in [2.05, 4.69) is 20.0 Å². The van der Waals surface area contributed by atoms with Crippen LogP contribution in [0.4, 0.5) is 4.39 Å². The second kappa shape index (κ2) is 9.56. The number of likely N-dealkylation sites (tertiary alicyclic amines) is 2. The SMILES string of the molecule is NC1=NN=C(N2CCC(N3C[C@H](C(=O)N4CC(F)C4)OC[C@@H]3Cc3ccc(Cl)cc3)CC2)C1. The fourth-order valence-corrected chi connectivity index (χ4v) is 5.30. The van der Waals surface area contributed by atoms with Gasteiger partial charge in [0.15, 0.2) is 0 Å². The van der Waals surface area contributed by atoms with Crippen molar-refractivity contribution in [3.63, 3.8) is 0 Å². The number of rotatable bonds is 4. The zero-order chi connectivity index (χ0) is 22.9. The highest BCUT2D eigenvalue weighted by Crippen LogP contribution is 2.27. The molecule has 33 heavy (non-hydrogen) atoms. The van der Waals surface area contributed by atoms with Crippen LogP contribution in [0.5, 0.6) is 0 Å². The number of hydrogen-bond acceptors (Lipinski definition) is 7. The molecule has 4 aliphatic heterocycles. The third-order valence-electron chi connectivity index (χ3n) is 7.08. The number of alkyl halides is 1. The van der Waals surface area contributed by atoms with E-state index in [1.54, 1.807) is 4.90 Å². The second-order valence-electron chi connectivity index (χ2n) is 9.35. The predicted octanol–water partition coefficient (Wildman–Crippen LogP) is 1.67. The summed E-state index contributed by atoms with van der Waals surface area (Å²) >= 11 is 6.06. The van der Waals surface area contributed by atoms with Crippen molar-refractivity contribution < 1.29 is 13.9 Å². The number of carbonyl (C=O) groups excluding carboxylic acids is 1. The molecule has 1 aromatic carbocycles. The topological polar surface area (TPSA) is 86.8 Å². The standard InChI is InChI=1S/C23H30ClFN6O2/c24-16-3-1-15(2-4-16)9-19-14-33-20(23(32)30-11-17(25)12-30)13-31(19)18-5-7-29(8-6-18)22-10-21(26)27-28-22/h1-4,17-20H,5-14H2,(H2,26,27)/t19-,20+/m0/s1. The van der Waals surface area contributed by atoms with Gasteiger partial charge in [0.2, 0.25) is 0 Å². The number of morpholine rings is 1. The highest BCUT2D eigenvalue weighted by Gasteiger charge is 2.42. The lowest BCUT2D eigenvalue weighted by Gasteiger charge is -2.48. The predicted molar refractivity (Wildman–Crippen MR) is 125 cm³/mol. The minimum absolute atomic E-state index is 0.0933. The fourth-order valence-electron chi connectivity index (χ4n) is 5.18. The van der Waals surface area contributed by atoms with Gasteiger partial charge < -0.3 is 20.3 Å². The first kappa shape index (κ1) is 22.6. The summed E-state index contributed by atoms with van der Waals surface area (Å²) in [7, 11) is 0. The lowest BCUT2D eigenvalue weighted by atomic mass is 9.95. The molecule has 178 valence electrons. The number of benzene rings is 1. The van der Waals surface area contributed by atoms with E-state index in [0.29, 0.717) is 36.5 Å². The van der Waals surface area contributed by atoms with E-state index in [1.807, 2.05) is 24.3 Å². The van der Waals surface area contributed by atoms with Crippen molar-refractivity contribution in [3.8, 4) is 0 Å². The molecule has 0 saturated carbocycles. The molecule has 0 spiro atoms. The normalized spacial score (nSPS) is 27.3. The van der Waals surface area contributed by atoms with E-state index in [9.17, 15) is 9.18 Å². The number of nitrogens with two attached hydrogens (primary N) is 1. The number of piperidine rings is 1. The highest BCUT2D eigenvalue weighted by atomic mass is 35.5. The van der Waals surface area contributed by atoms with E-state index < -0.39 is 12.3 Å². The monoisotopic (exact) mass is 476 g/mol. The number of nitrogens with zero attached hydrogens (tertiary/aromatic N) is 5. The second-order valence-corrected chi connectivity index (χ2v) is 9.78. The number of hydrogen-bond donors (Lipinski definition) is 1. The van der Waals surface area contributed by atoms with Crippen LogP contribution in [-0.4, -0.2) is 96.0 Å². The summed E-state index contributed by atoms with van der Waals surface area (Å²) in [4.78, 5) is 19.1. The Balaban J connectivity index is 1.26. The molecule has 3 saturated heterocycles. The molecule has 2 atom stereocenters. The summed E-state index contributed by atoms with van der Waals surface area (Å²) in [6, 6.07) is 8.41. The maximum Gasteiger partial charge on any atom is 0.253 e. The first-order chi connectivity index (χ1) is 16.0. The molecule has 0 bridgehead atoms. The first-order valence-electron chi connectivity index (χ1n) is 11.6. The van der Waals surface area contributed by atoms with Gasteiger partial charge in [-0.2, -0.15) is 0 Å². The molecule has 0 radical (unpaired) electrons. The van der Waals surface area contributed by atoms with Gasteiger partial charge in [-0.1, -0.05) is 23.7 Å². The van der Waals surface area contributed by atoms with Gasteiger partial charge in [0.1, 0.15) is 23.9 Å². The van der Waals surface area contributed by atoms with Gasteiger partial charge in [0.25, 0.3) is 5.91 Å². The molecule has 3 fully saturated rings. The Morgan fingerprint density at radius 3 is 2.52 bits per heavy atom. The molecular formula is C23H30ClFN6O2. The Bertz CT molecular complexity index is 927. The van der Waals surface area contributed by atoms with Crippen LogP contribution in [0.3, 0.4) is 0 Å². The minimum Gasteiger partial charge on any atom is -0.385 e. The van der Waals surface area contributed by atoms with Gasteiger partial charge in [-0.25, -0.2) is 4.39 Å². The average molecular weight is 477 g/mol. The van der Waals surface area contributed by atoms with Gasteiger partial charge in [0.05, 0.1) is 26.1 Å². The average Bonchev–Trinajstić information content (AvgIpc) is 3.25. The molecule has 10 heteroatoms. The lowest BCUT2D eigenvalue weighted by Crippen LogP contribution is -2.62. The Morgan fingerprint density at radius 2 is 1.88 bits per heavy atom. The smallest absolute Gasteiger partial charge is 0.253 e. The van der Waals surface area contributed by atoms with Crippen LogP contribution < -0.4 is 5.73 Å². The van der Waals surface area contributed by atoms with Gasteiger partial charge in [-0.3, -0.25) is 9.69 Å². The number of amides is 1. The fraction of sp³-hybridized carbons (Fsp3) is 0.609. The van der Waals surface area contributed by atoms with Gasteiger partial charge in [-0.15, -0.1) is 10.2 Å². The van der Waals surface area contributed by atoms with Crippen molar-refractivity contribution in [2.75, 3.05) is 39.3 Å². The Morgan fingerprint density at radius 1 is 1.15 bits per heavy atom. The minimum atomic E-state index is -0.910. The first-order valence-corrected chi connectivity index (χ1v) is 12.0. The molecule has 2 N–H and O–H groups in total. The van der Waals surface area contributed by atoms with Crippen LogP contribution in [0, 0.1) is 0 Å². The van der Waals surface area contributed by atoms with E-state index in [-0.39, 0.29) is 25.0 Å². The molecule has 0 aliphatic carbocycles. The summed E-state index contributed by atoms with van der Waals surface area (Å²) in [6.45, 7) is 3.13. The lowest BCUT2D eigenvalue weighted by molar-refractivity contribution is -0.162. The molecule has 1 aromatic rings. The molecule has 4 heterocycles. The largest absolute Gasteiger partial charge is 0.385 e. The van der Waals surface area contributed by atoms with Crippen LogP contribution in [-0.2, 0) is 16.0 Å². The summed E-state index contributed by atoms with van der Waals surface area (Å²) in [5, 5.41) is 8.90. The summed E-state index contributed by atoms with van der Waals surface area (Å²) in [6.07, 6.45) is 1.92. The number of carbonyl (C=O) groups is 1. The quantitative estimate of drug-likeness (QED) is 0.714. The Labute approximate surface area is 198 Å². The molecule has 5 rings (SSSR count). The zero-order valence-electron chi connectivity index (χ0n) is 18.6. The van der Waals surface area contributed by atoms with Crippen LogP contribution in [0.15, 0.2) is 34.5 Å². The van der Waals surface area contributed by atoms with E-state index in [1.165, 1.54) is 5.56 Å². The van der Waals surface area contributed by atoms with E-state index in [0.717, 1.165) is 38.2 Å². The van der Waals surface area contributed by atoms with Crippen LogP contribution in [0.25, 0.3) is 0 Å². The highest BCUT2D eigenvalue weighted by molar-refractivity contribution is 6.30. The summed E-state index contributed by atoms with van der Waals surface area (Å²) < 4.78 is 19.3. The summed E-state index contributed by atoms with van der Waals surface area (Å²) in [5.41, 5.74) is 6.98. The third-order valence-corrected chi connectivity index (χ3v) is 7.33. The number of ether oxygens (including phenoxy) is 1. The summed E-state index contributed by atoms with van der Waals surface area (Å²) in [5.74, 6) is 1.41. The van der Waals surface area contributed by atoms with Crippen molar-refractivity contribution in [3.05, 3.63) is 34.9 Å². The molecule has 4 aliphatic rings. The van der Waals surface area contributed by atoms with E-state index >= 15 is 0 Å².